The molecule has 2 N–H and O–H groups in total. The molecule has 0 radical (unpaired) electrons. The van der Waals surface area contributed by atoms with Crippen molar-refractivity contribution >= 4 is 17.6 Å². The van der Waals surface area contributed by atoms with Gasteiger partial charge in [-0.3, -0.25) is 9.59 Å². The fourth-order valence-electron chi connectivity index (χ4n) is 6.04. The molecular formula is C27H28F4N2O5. The molecule has 38 heavy (non-hydrogen) atoms. The summed E-state index contributed by atoms with van der Waals surface area (Å²) in [5.74, 6) is -2.39. The van der Waals surface area contributed by atoms with Crippen LogP contribution in [0.25, 0.3) is 0 Å². The van der Waals surface area contributed by atoms with Gasteiger partial charge in [-0.05, 0) is 56.0 Å². The average molecular weight is 537 g/mol. The van der Waals surface area contributed by atoms with Gasteiger partial charge in [0.1, 0.15) is 11.6 Å². The van der Waals surface area contributed by atoms with E-state index >= 15 is 0 Å². The molecular weight excluding hydrogens is 508 g/mol. The Balaban J connectivity index is 1.51. The summed E-state index contributed by atoms with van der Waals surface area (Å²) in [5.41, 5.74) is 1.43. The van der Waals surface area contributed by atoms with Crippen molar-refractivity contribution in [1.82, 2.24) is 4.90 Å². The van der Waals surface area contributed by atoms with Crippen LogP contribution >= 0.6 is 0 Å². The summed E-state index contributed by atoms with van der Waals surface area (Å²) in [4.78, 5) is 28.0. The molecule has 2 aromatic rings. The first-order chi connectivity index (χ1) is 18.0. The fraction of sp³-hybridized carbons (Fsp3) is 0.481. The maximum absolute atomic E-state index is 14.6. The Morgan fingerprint density at radius 3 is 2.39 bits per heavy atom. The van der Waals surface area contributed by atoms with Crippen molar-refractivity contribution in [3.63, 3.8) is 0 Å². The SMILES string of the molecule is O=C(O)CCC(=O)N(C1CC1)[C@H]1c2cc(F)ccc2N(C(O)c2ccc(OC(F)(F)F)cc2)[C@H]2CCC[C@@H]12. The lowest BCUT2D eigenvalue weighted by Gasteiger charge is -2.50. The monoisotopic (exact) mass is 536 g/mol. The lowest BCUT2D eigenvalue weighted by atomic mass is 9.80. The van der Waals surface area contributed by atoms with Crippen molar-refractivity contribution in [1.29, 1.82) is 0 Å². The number of benzene rings is 2. The van der Waals surface area contributed by atoms with Gasteiger partial charge in [-0.2, -0.15) is 0 Å². The van der Waals surface area contributed by atoms with Crippen molar-refractivity contribution in [2.75, 3.05) is 4.90 Å². The number of fused-ring (bicyclic) bond motifs is 2. The maximum atomic E-state index is 14.6. The van der Waals surface area contributed by atoms with E-state index in [1.165, 1.54) is 24.3 Å². The summed E-state index contributed by atoms with van der Waals surface area (Å²) in [7, 11) is 0. The second-order valence-corrected chi connectivity index (χ2v) is 10.1. The van der Waals surface area contributed by atoms with Crippen LogP contribution in [0.2, 0.25) is 0 Å². The van der Waals surface area contributed by atoms with Gasteiger partial charge in [-0.25, -0.2) is 4.39 Å². The van der Waals surface area contributed by atoms with E-state index in [1.54, 1.807) is 15.9 Å². The number of carbonyl (C=O) groups is 2. The third-order valence-corrected chi connectivity index (χ3v) is 7.64. The number of alkyl halides is 3. The highest BCUT2D eigenvalue weighted by molar-refractivity contribution is 5.82. The number of nitrogens with zero attached hydrogens (tertiary/aromatic N) is 2. The van der Waals surface area contributed by atoms with Crippen LogP contribution in [0.1, 0.15) is 68.3 Å². The van der Waals surface area contributed by atoms with Gasteiger partial charge in [0, 0.05) is 41.2 Å². The molecule has 2 aliphatic carbocycles. The highest BCUT2D eigenvalue weighted by atomic mass is 19.4. The molecule has 204 valence electrons. The minimum Gasteiger partial charge on any atom is -0.481 e. The number of anilines is 1. The molecule has 0 spiro atoms. The summed E-state index contributed by atoms with van der Waals surface area (Å²) in [6, 6.07) is 8.46. The molecule has 5 rings (SSSR count). The molecule has 7 nitrogen and oxygen atoms in total. The molecule has 2 aromatic carbocycles. The summed E-state index contributed by atoms with van der Waals surface area (Å²) < 4.78 is 56.3. The van der Waals surface area contributed by atoms with Gasteiger partial charge in [-0.15, -0.1) is 13.2 Å². The van der Waals surface area contributed by atoms with Gasteiger partial charge in [0.2, 0.25) is 5.91 Å². The number of aliphatic carboxylic acids is 1. The number of hydrogen-bond acceptors (Lipinski definition) is 5. The Bertz CT molecular complexity index is 1200. The number of ether oxygens (including phenoxy) is 1. The Labute approximate surface area is 216 Å². The molecule has 1 aliphatic heterocycles. The standard InChI is InChI=1S/C27H28F4N2O5/c28-16-6-11-22-20(14-16)25(32(17-7-8-17)23(34)12-13-24(35)36)19-2-1-3-21(19)33(22)26(37)15-4-9-18(10-5-15)38-27(29,30)31/h4-6,9-11,14,17,19,21,25-26,37H,1-3,7-8,12-13H2,(H,35,36)/t19-,21+,25-,26?/m1/s1. The Hall–Kier alpha value is -3.34. The minimum absolute atomic E-state index is 0.0451. The summed E-state index contributed by atoms with van der Waals surface area (Å²) in [5, 5.41) is 20.6. The van der Waals surface area contributed by atoms with Crippen molar-refractivity contribution in [2.45, 2.75) is 75.7 Å². The van der Waals surface area contributed by atoms with Gasteiger partial charge in [0.05, 0.1) is 12.5 Å². The quantitative estimate of drug-likeness (QED) is 0.445. The number of aliphatic hydroxyl groups is 1. The Morgan fingerprint density at radius 2 is 1.76 bits per heavy atom. The predicted molar refractivity (Wildman–Crippen MR) is 128 cm³/mol. The van der Waals surface area contributed by atoms with E-state index in [0.717, 1.165) is 37.8 Å². The third-order valence-electron chi connectivity index (χ3n) is 7.64. The first kappa shape index (κ1) is 26.3. The van der Waals surface area contributed by atoms with E-state index in [4.69, 9.17) is 5.11 Å². The summed E-state index contributed by atoms with van der Waals surface area (Å²) in [6.45, 7) is 0. The number of halogens is 4. The zero-order chi connectivity index (χ0) is 27.2. The van der Waals surface area contributed by atoms with Gasteiger partial charge in [0.25, 0.3) is 0 Å². The number of carboxylic acid groups (broad SMARTS) is 1. The Morgan fingerprint density at radius 1 is 1.05 bits per heavy atom. The van der Waals surface area contributed by atoms with Crippen molar-refractivity contribution in [3.05, 3.63) is 59.4 Å². The highest BCUT2D eigenvalue weighted by Crippen LogP contribution is 2.54. The molecule has 2 saturated carbocycles. The van der Waals surface area contributed by atoms with E-state index in [1.807, 2.05) is 0 Å². The molecule has 2 fully saturated rings. The molecule has 0 aromatic heterocycles. The number of rotatable bonds is 8. The van der Waals surface area contributed by atoms with Gasteiger partial charge >= 0.3 is 12.3 Å². The maximum Gasteiger partial charge on any atom is 0.573 e. The number of amides is 1. The zero-order valence-corrected chi connectivity index (χ0v) is 20.4. The molecule has 1 unspecified atom stereocenters. The highest BCUT2D eigenvalue weighted by Gasteiger charge is 2.51. The van der Waals surface area contributed by atoms with Gasteiger partial charge in [0.15, 0.2) is 6.23 Å². The number of carboxylic acids is 1. The van der Waals surface area contributed by atoms with E-state index in [0.29, 0.717) is 23.2 Å². The van der Waals surface area contributed by atoms with Crippen molar-refractivity contribution in [2.24, 2.45) is 5.92 Å². The molecule has 1 heterocycles. The largest absolute Gasteiger partial charge is 0.573 e. The normalized spacial score (nSPS) is 23.4. The average Bonchev–Trinajstić information content (AvgIpc) is 3.57. The number of aliphatic hydroxyl groups excluding tert-OH is 1. The van der Waals surface area contributed by atoms with Crippen LogP contribution in [0.3, 0.4) is 0 Å². The number of hydrogen-bond donors (Lipinski definition) is 2. The summed E-state index contributed by atoms with van der Waals surface area (Å²) in [6.07, 6.45) is -2.70. The molecule has 0 saturated heterocycles. The van der Waals surface area contributed by atoms with Gasteiger partial charge in [-0.1, -0.05) is 18.6 Å². The van der Waals surface area contributed by atoms with Crippen LogP contribution in [0.4, 0.5) is 23.2 Å². The second-order valence-electron chi connectivity index (χ2n) is 10.1. The fourth-order valence-corrected chi connectivity index (χ4v) is 6.04. The Kier molecular flexibility index (Phi) is 6.97. The van der Waals surface area contributed by atoms with E-state index in [2.05, 4.69) is 4.74 Å². The molecule has 4 atom stereocenters. The molecule has 3 aliphatic rings. The van der Waals surface area contributed by atoms with E-state index in [-0.39, 0.29) is 36.8 Å². The first-order valence-electron chi connectivity index (χ1n) is 12.7. The van der Waals surface area contributed by atoms with Crippen LogP contribution < -0.4 is 9.64 Å². The topological polar surface area (TPSA) is 90.3 Å². The predicted octanol–water partition coefficient (Wildman–Crippen LogP) is 5.30. The van der Waals surface area contributed by atoms with Gasteiger partial charge < -0.3 is 24.7 Å². The minimum atomic E-state index is -4.84. The second kappa shape index (κ2) is 10.1. The van der Waals surface area contributed by atoms with Crippen LogP contribution in [0.15, 0.2) is 42.5 Å². The lowest BCUT2D eigenvalue weighted by molar-refractivity contribution is -0.274. The molecule has 11 heteroatoms. The van der Waals surface area contributed by atoms with E-state index < -0.39 is 36.2 Å². The smallest absolute Gasteiger partial charge is 0.481 e. The molecule has 1 amide bonds. The van der Waals surface area contributed by atoms with Crippen LogP contribution in [0, 0.1) is 11.7 Å². The van der Waals surface area contributed by atoms with Crippen LogP contribution in [-0.2, 0) is 9.59 Å². The van der Waals surface area contributed by atoms with Crippen LogP contribution in [-0.4, -0.2) is 45.4 Å². The van der Waals surface area contributed by atoms with Crippen molar-refractivity contribution in [3.8, 4) is 5.75 Å². The van der Waals surface area contributed by atoms with Crippen molar-refractivity contribution < 1.29 is 42.1 Å². The third kappa shape index (κ3) is 5.29. The zero-order valence-electron chi connectivity index (χ0n) is 20.4. The molecule has 0 bridgehead atoms. The summed E-state index contributed by atoms with van der Waals surface area (Å²) >= 11 is 0. The number of carbonyl (C=O) groups excluding carboxylic acids is 1. The lowest BCUT2D eigenvalue weighted by Crippen LogP contribution is -2.52. The van der Waals surface area contributed by atoms with E-state index in [9.17, 15) is 32.3 Å². The van der Waals surface area contributed by atoms with Crippen LogP contribution in [0.5, 0.6) is 5.75 Å². The first-order valence-corrected chi connectivity index (χ1v) is 12.7.